The van der Waals surface area contributed by atoms with Crippen molar-refractivity contribution >= 4 is 44.3 Å². The molecule has 0 bridgehead atoms. The van der Waals surface area contributed by atoms with Crippen LogP contribution in [-0.4, -0.2) is 25.1 Å². The molecule has 6 heteroatoms. The van der Waals surface area contributed by atoms with E-state index in [1.54, 1.807) is 25.1 Å². The molecule has 0 aliphatic rings. The van der Waals surface area contributed by atoms with E-state index in [4.69, 9.17) is 9.47 Å². The van der Waals surface area contributed by atoms with Crippen LogP contribution in [0.25, 0.3) is 10.8 Å². The van der Waals surface area contributed by atoms with Gasteiger partial charge in [-0.2, -0.15) is 0 Å². The first-order chi connectivity index (χ1) is 13.5. The fourth-order valence-corrected chi connectivity index (χ4v) is 3.36. The minimum absolute atomic E-state index is 0.153. The molecule has 0 aromatic heterocycles. The number of halogens is 1. The maximum Gasteiger partial charge on any atom is 0.338 e. The first-order valence-corrected chi connectivity index (χ1v) is 9.66. The third-order valence-electron chi connectivity index (χ3n) is 4.21. The Bertz CT molecular complexity index is 1030. The summed E-state index contributed by atoms with van der Waals surface area (Å²) in [7, 11) is 0. The maximum absolute atomic E-state index is 12.4. The molecule has 0 radical (unpaired) electrons. The van der Waals surface area contributed by atoms with Gasteiger partial charge in [0, 0.05) is 5.69 Å². The molecule has 28 heavy (non-hydrogen) atoms. The lowest BCUT2D eigenvalue weighted by atomic mass is 10.1. The van der Waals surface area contributed by atoms with Crippen LogP contribution >= 0.6 is 15.9 Å². The summed E-state index contributed by atoms with van der Waals surface area (Å²) < 4.78 is 11.5. The fourth-order valence-electron chi connectivity index (χ4n) is 2.75. The van der Waals surface area contributed by atoms with Crippen molar-refractivity contribution in [1.82, 2.24) is 0 Å². The van der Waals surface area contributed by atoms with Gasteiger partial charge in [0.05, 0.1) is 16.6 Å². The van der Waals surface area contributed by atoms with Gasteiger partial charge in [0.25, 0.3) is 5.91 Å². The highest BCUT2D eigenvalue weighted by atomic mass is 79.9. The van der Waals surface area contributed by atoms with E-state index in [1.807, 2.05) is 43.3 Å². The highest BCUT2D eigenvalue weighted by Gasteiger charge is 2.12. The van der Waals surface area contributed by atoms with E-state index in [2.05, 4.69) is 21.2 Å². The zero-order valence-electron chi connectivity index (χ0n) is 15.6. The second-order valence-electron chi connectivity index (χ2n) is 6.19. The quantitative estimate of drug-likeness (QED) is 0.540. The van der Waals surface area contributed by atoms with Gasteiger partial charge in [-0.15, -0.1) is 0 Å². The smallest absolute Gasteiger partial charge is 0.338 e. The van der Waals surface area contributed by atoms with Gasteiger partial charge in [-0.05, 0) is 64.3 Å². The average molecular weight is 442 g/mol. The molecule has 0 aliphatic heterocycles. The number of nitrogens with one attached hydrogen (secondary N) is 1. The number of fused-ring (bicyclic) bond motifs is 1. The van der Waals surface area contributed by atoms with Gasteiger partial charge in [-0.3, -0.25) is 4.79 Å². The van der Waals surface area contributed by atoms with E-state index in [0.717, 1.165) is 20.8 Å². The second kappa shape index (κ2) is 8.89. The van der Waals surface area contributed by atoms with Crippen LogP contribution in [0.15, 0.2) is 59.1 Å². The lowest BCUT2D eigenvalue weighted by Crippen LogP contribution is -2.21. The number of aryl methyl sites for hydroxylation is 1. The van der Waals surface area contributed by atoms with Crippen molar-refractivity contribution in [3.05, 3.63) is 70.2 Å². The predicted octanol–water partition coefficient (Wildman–Crippen LogP) is 5.10. The largest absolute Gasteiger partial charge is 0.483 e. The van der Waals surface area contributed by atoms with E-state index >= 15 is 0 Å². The van der Waals surface area contributed by atoms with Crippen molar-refractivity contribution in [2.24, 2.45) is 0 Å². The van der Waals surface area contributed by atoms with E-state index in [-0.39, 0.29) is 12.5 Å². The van der Waals surface area contributed by atoms with Gasteiger partial charge in [0.15, 0.2) is 6.61 Å². The number of rotatable bonds is 6. The van der Waals surface area contributed by atoms with Gasteiger partial charge >= 0.3 is 5.97 Å². The molecule has 0 saturated heterocycles. The Hall–Kier alpha value is -2.86. The molecule has 0 saturated carbocycles. The molecule has 144 valence electrons. The Morgan fingerprint density at radius 1 is 1.07 bits per heavy atom. The summed E-state index contributed by atoms with van der Waals surface area (Å²) >= 11 is 3.54. The molecule has 1 N–H and O–H groups in total. The number of benzene rings is 3. The third-order valence-corrected chi connectivity index (χ3v) is 5.03. The fraction of sp³-hybridized carbons (Fsp3) is 0.182. The number of amides is 1. The van der Waals surface area contributed by atoms with E-state index in [0.29, 0.717) is 23.6 Å². The SMILES string of the molecule is CCOC(=O)c1ccc(C)c(NC(=O)COc2ccc3ccccc3c2Br)c1. The number of hydrogen-bond acceptors (Lipinski definition) is 4. The topological polar surface area (TPSA) is 64.6 Å². The minimum Gasteiger partial charge on any atom is -0.483 e. The van der Waals surface area contributed by atoms with E-state index < -0.39 is 5.97 Å². The highest BCUT2D eigenvalue weighted by Crippen LogP contribution is 2.33. The highest BCUT2D eigenvalue weighted by molar-refractivity contribution is 9.10. The van der Waals surface area contributed by atoms with Gasteiger partial charge in [0.2, 0.25) is 0 Å². The maximum atomic E-state index is 12.4. The summed E-state index contributed by atoms with van der Waals surface area (Å²) in [6, 6.07) is 16.7. The zero-order chi connectivity index (χ0) is 20.1. The Kier molecular flexibility index (Phi) is 6.31. The monoisotopic (exact) mass is 441 g/mol. The van der Waals surface area contributed by atoms with Crippen LogP contribution < -0.4 is 10.1 Å². The predicted molar refractivity (Wildman–Crippen MR) is 113 cm³/mol. The Labute approximate surface area is 171 Å². The molecule has 0 aliphatic carbocycles. The van der Waals surface area contributed by atoms with Crippen LogP contribution in [0.1, 0.15) is 22.8 Å². The van der Waals surface area contributed by atoms with Crippen molar-refractivity contribution in [2.45, 2.75) is 13.8 Å². The molecule has 0 spiro atoms. The lowest BCUT2D eigenvalue weighted by Gasteiger charge is -2.12. The molecular formula is C22H20BrNO4. The van der Waals surface area contributed by atoms with Gasteiger partial charge < -0.3 is 14.8 Å². The number of ether oxygens (including phenoxy) is 2. The van der Waals surface area contributed by atoms with Gasteiger partial charge in [-0.25, -0.2) is 4.79 Å². The standard InChI is InChI=1S/C22H20BrNO4/c1-3-27-22(26)16-9-8-14(2)18(12-16)24-20(25)13-28-19-11-10-15-6-4-5-7-17(15)21(19)23/h4-12H,3,13H2,1-2H3,(H,24,25). The van der Waals surface area contributed by atoms with Crippen molar-refractivity contribution < 1.29 is 19.1 Å². The van der Waals surface area contributed by atoms with Gasteiger partial charge in [-0.1, -0.05) is 36.4 Å². The number of carbonyl (C=O) groups is 2. The molecule has 3 aromatic rings. The number of anilines is 1. The number of carbonyl (C=O) groups excluding carboxylic acids is 2. The van der Waals surface area contributed by atoms with Crippen LogP contribution in [0.4, 0.5) is 5.69 Å². The van der Waals surface area contributed by atoms with Crippen LogP contribution in [-0.2, 0) is 9.53 Å². The van der Waals surface area contributed by atoms with Crippen molar-refractivity contribution in [1.29, 1.82) is 0 Å². The molecule has 0 atom stereocenters. The molecule has 0 heterocycles. The normalized spacial score (nSPS) is 10.5. The number of esters is 1. The first kappa shape index (κ1) is 19.9. The van der Waals surface area contributed by atoms with Crippen LogP contribution in [0, 0.1) is 6.92 Å². The molecule has 3 aromatic carbocycles. The third kappa shape index (κ3) is 4.51. The molecule has 3 rings (SSSR count). The van der Waals surface area contributed by atoms with Gasteiger partial charge in [0.1, 0.15) is 5.75 Å². The first-order valence-electron chi connectivity index (χ1n) is 8.87. The van der Waals surface area contributed by atoms with Crippen LogP contribution in [0.2, 0.25) is 0 Å². The van der Waals surface area contributed by atoms with Crippen molar-refractivity contribution in [3.63, 3.8) is 0 Å². The minimum atomic E-state index is -0.422. The Morgan fingerprint density at radius 2 is 1.86 bits per heavy atom. The van der Waals surface area contributed by atoms with E-state index in [9.17, 15) is 9.59 Å². The van der Waals surface area contributed by atoms with Crippen LogP contribution in [0.3, 0.4) is 0 Å². The zero-order valence-corrected chi connectivity index (χ0v) is 17.2. The number of hydrogen-bond donors (Lipinski definition) is 1. The summed E-state index contributed by atoms with van der Waals surface area (Å²) in [5, 5.41) is 4.88. The second-order valence-corrected chi connectivity index (χ2v) is 6.98. The summed E-state index contributed by atoms with van der Waals surface area (Å²) in [6.07, 6.45) is 0. The summed E-state index contributed by atoms with van der Waals surface area (Å²) in [4.78, 5) is 24.2. The molecular weight excluding hydrogens is 422 g/mol. The summed E-state index contributed by atoms with van der Waals surface area (Å²) in [6.45, 7) is 3.74. The summed E-state index contributed by atoms with van der Waals surface area (Å²) in [5.41, 5.74) is 1.78. The molecule has 5 nitrogen and oxygen atoms in total. The van der Waals surface area contributed by atoms with Crippen LogP contribution in [0.5, 0.6) is 5.75 Å². The Balaban J connectivity index is 1.69. The Morgan fingerprint density at radius 3 is 2.64 bits per heavy atom. The van der Waals surface area contributed by atoms with E-state index in [1.165, 1.54) is 0 Å². The molecule has 0 unspecified atom stereocenters. The van der Waals surface area contributed by atoms with Crippen molar-refractivity contribution in [2.75, 3.05) is 18.5 Å². The average Bonchev–Trinajstić information content (AvgIpc) is 2.69. The van der Waals surface area contributed by atoms with Crippen molar-refractivity contribution in [3.8, 4) is 5.75 Å². The molecule has 0 fully saturated rings. The summed E-state index contributed by atoms with van der Waals surface area (Å²) in [5.74, 6) is -0.149. The lowest BCUT2D eigenvalue weighted by molar-refractivity contribution is -0.118. The molecule has 1 amide bonds.